The maximum atomic E-state index is 13.3. The summed E-state index contributed by atoms with van der Waals surface area (Å²) in [5.74, 6) is -2.13. The molecule has 0 aromatic heterocycles. The average Bonchev–Trinajstić information content (AvgIpc) is 2.42. The zero-order valence-electron chi connectivity index (χ0n) is 11.4. The van der Waals surface area contributed by atoms with Gasteiger partial charge in [0.25, 0.3) is 0 Å². The molecule has 2 amide bonds. The molecule has 1 aromatic rings. The summed E-state index contributed by atoms with van der Waals surface area (Å²) in [5, 5.41) is 13.4. The van der Waals surface area contributed by atoms with E-state index >= 15 is 0 Å². The maximum absolute atomic E-state index is 13.3. The molecule has 0 aliphatic carbocycles. The number of carbonyl (C=O) groups is 2. The first-order valence-corrected chi connectivity index (χ1v) is 7.54. The molecule has 0 fully saturated rings. The smallest absolute Gasteiger partial charge is 0.326 e. The van der Waals surface area contributed by atoms with Crippen molar-refractivity contribution in [1.29, 1.82) is 0 Å². The molecule has 0 radical (unpaired) electrons. The number of aliphatic carboxylic acids is 1. The third-order valence-electron chi connectivity index (χ3n) is 2.70. The summed E-state index contributed by atoms with van der Waals surface area (Å²) in [6.07, 6.45) is 2.08. The highest BCUT2D eigenvalue weighted by molar-refractivity contribution is 7.98. The number of urea groups is 1. The van der Waals surface area contributed by atoms with Crippen LogP contribution in [0.3, 0.4) is 0 Å². The molecule has 0 saturated carbocycles. The van der Waals surface area contributed by atoms with Crippen LogP contribution in [0.1, 0.15) is 12.0 Å². The van der Waals surface area contributed by atoms with Gasteiger partial charge in [0.05, 0.1) is 6.54 Å². The van der Waals surface area contributed by atoms with E-state index in [0.29, 0.717) is 5.75 Å². The highest BCUT2D eigenvalue weighted by Crippen LogP contribution is 2.11. The molecular formula is C13H16F2N2O3S. The molecule has 0 spiro atoms. The van der Waals surface area contributed by atoms with Crippen LogP contribution in [0.4, 0.5) is 13.6 Å². The molecule has 0 aliphatic rings. The van der Waals surface area contributed by atoms with Gasteiger partial charge >= 0.3 is 12.0 Å². The number of benzene rings is 1. The van der Waals surface area contributed by atoms with Crippen LogP contribution in [-0.2, 0) is 11.3 Å². The van der Waals surface area contributed by atoms with Gasteiger partial charge in [0.15, 0.2) is 0 Å². The first kappa shape index (κ1) is 17.2. The summed E-state index contributed by atoms with van der Waals surface area (Å²) in [6.45, 7) is -0.362. The van der Waals surface area contributed by atoms with E-state index in [0.717, 1.165) is 12.1 Å². The molecule has 1 atom stereocenters. The molecular weight excluding hydrogens is 302 g/mol. The van der Waals surface area contributed by atoms with Crippen LogP contribution >= 0.6 is 11.8 Å². The molecule has 0 heterocycles. The van der Waals surface area contributed by atoms with E-state index in [-0.39, 0.29) is 18.5 Å². The van der Waals surface area contributed by atoms with Gasteiger partial charge in [-0.3, -0.25) is 0 Å². The van der Waals surface area contributed by atoms with Crippen molar-refractivity contribution in [2.24, 2.45) is 0 Å². The summed E-state index contributed by atoms with van der Waals surface area (Å²) in [4.78, 5) is 22.5. The van der Waals surface area contributed by atoms with Gasteiger partial charge in [-0.1, -0.05) is 6.07 Å². The molecule has 5 nitrogen and oxygen atoms in total. The van der Waals surface area contributed by atoms with Crippen molar-refractivity contribution in [1.82, 2.24) is 10.6 Å². The van der Waals surface area contributed by atoms with E-state index < -0.39 is 29.7 Å². The number of halogens is 2. The third-order valence-corrected chi connectivity index (χ3v) is 3.35. The SMILES string of the molecule is CSCCC(NC(=O)NCc1c(F)cccc1F)C(=O)O. The predicted octanol–water partition coefficient (Wildman–Crippen LogP) is 1.97. The Bertz CT molecular complexity index is 494. The Balaban J connectivity index is 2.55. The fourth-order valence-electron chi connectivity index (χ4n) is 1.57. The lowest BCUT2D eigenvalue weighted by molar-refractivity contribution is -0.139. The molecule has 116 valence electrons. The molecule has 1 aromatic carbocycles. The molecule has 0 bridgehead atoms. The van der Waals surface area contributed by atoms with Gasteiger partial charge in [0, 0.05) is 5.56 Å². The Morgan fingerprint density at radius 2 is 1.95 bits per heavy atom. The lowest BCUT2D eigenvalue weighted by atomic mass is 10.2. The van der Waals surface area contributed by atoms with Crippen molar-refractivity contribution in [2.45, 2.75) is 19.0 Å². The van der Waals surface area contributed by atoms with Gasteiger partial charge in [0.1, 0.15) is 17.7 Å². The van der Waals surface area contributed by atoms with Crippen molar-refractivity contribution in [3.8, 4) is 0 Å². The van der Waals surface area contributed by atoms with Gasteiger partial charge in [-0.25, -0.2) is 18.4 Å². The van der Waals surface area contributed by atoms with Crippen molar-refractivity contribution in [3.63, 3.8) is 0 Å². The normalized spacial score (nSPS) is 11.8. The number of hydrogen-bond acceptors (Lipinski definition) is 3. The van der Waals surface area contributed by atoms with Crippen LogP contribution in [-0.4, -0.2) is 35.2 Å². The van der Waals surface area contributed by atoms with Crippen LogP contribution in [0.25, 0.3) is 0 Å². The van der Waals surface area contributed by atoms with Gasteiger partial charge < -0.3 is 15.7 Å². The van der Waals surface area contributed by atoms with Crippen LogP contribution < -0.4 is 10.6 Å². The summed E-state index contributed by atoms with van der Waals surface area (Å²) in [7, 11) is 0. The minimum absolute atomic E-state index is 0.262. The summed E-state index contributed by atoms with van der Waals surface area (Å²) < 4.78 is 26.7. The second-order valence-electron chi connectivity index (χ2n) is 4.20. The monoisotopic (exact) mass is 318 g/mol. The topological polar surface area (TPSA) is 78.4 Å². The number of thioether (sulfide) groups is 1. The quantitative estimate of drug-likeness (QED) is 0.718. The van der Waals surface area contributed by atoms with E-state index in [1.165, 1.54) is 17.8 Å². The Hall–Kier alpha value is -1.83. The molecule has 21 heavy (non-hydrogen) atoms. The van der Waals surface area contributed by atoms with Gasteiger partial charge in [-0.2, -0.15) is 11.8 Å². The highest BCUT2D eigenvalue weighted by atomic mass is 32.2. The van der Waals surface area contributed by atoms with Crippen molar-refractivity contribution in [2.75, 3.05) is 12.0 Å². The maximum Gasteiger partial charge on any atom is 0.326 e. The fraction of sp³-hybridized carbons (Fsp3) is 0.385. The number of carboxylic acid groups (broad SMARTS) is 1. The zero-order valence-corrected chi connectivity index (χ0v) is 12.2. The lowest BCUT2D eigenvalue weighted by Crippen LogP contribution is -2.46. The van der Waals surface area contributed by atoms with Gasteiger partial charge in [-0.15, -0.1) is 0 Å². The summed E-state index contributed by atoms with van der Waals surface area (Å²) in [6, 6.07) is 1.55. The van der Waals surface area contributed by atoms with E-state index in [1.54, 1.807) is 0 Å². The first-order valence-electron chi connectivity index (χ1n) is 6.14. The number of hydrogen-bond donors (Lipinski definition) is 3. The third kappa shape index (κ3) is 5.58. The van der Waals surface area contributed by atoms with Crippen LogP contribution in [0.5, 0.6) is 0 Å². The Morgan fingerprint density at radius 1 is 1.33 bits per heavy atom. The minimum atomic E-state index is -1.16. The zero-order chi connectivity index (χ0) is 15.8. The van der Waals surface area contributed by atoms with Crippen LogP contribution in [0.15, 0.2) is 18.2 Å². The van der Waals surface area contributed by atoms with E-state index in [9.17, 15) is 18.4 Å². The number of nitrogens with one attached hydrogen (secondary N) is 2. The second-order valence-corrected chi connectivity index (χ2v) is 5.19. The van der Waals surface area contributed by atoms with Crippen molar-refractivity contribution >= 4 is 23.8 Å². The molecule has 8 heteroatoms. The standard InChI is InChI=1S/C13H16F2N2O3S/c1-21-6-5-11(12(18)19)17-13(20)16-7-8-9(14)3-2-4-10(8)15/h2-4,11H,5-7H2,1H3,(H,18,19)(H2,16,17,20). The van der Waals surface area contributed by atoms with Crippen molar-refractivity contribution < 1.29 is 23.5 Å². The largest absolute Gasteiger partial charge is 0.480 e. The van der Waals surface area contributed by atoms with E-state index in [1.807, 2.05) is 6.26 Å². The summed E-state index contributed by atoms with van der Waals surface area (Å²) >= 11 is 1.45. The molecule has 0 saturated heterocycles. The molecule has 3 N–H and O–H groups in total. The predicted molar refractivity (Wildman–Crippen MR) is 76.2 cm³/mol. The van der Waals surface area contributed by atoms with E-state index in [4.69, 9.17) is 5.11 Å². The molecule has 1 rings (SSSR count). The van der Waals surface area contributed by atoms with Crippen molar-refractivity contribution in [3.05, 3.63) is 35.4 Å². The number of rotatable bonds is 7. The van der Waals surface area contributed by atoms with Gasteiger partial charge in [-0.05, 0) is 30.6 Å². The van der Waals surface area contributed by atoms with Crippen LogP contribution in [0.2, 0.25) is 0 Å². The molecule has 1 unspecified atom stereocenters. The minimum Gasteiger partial charge on any atom is -0.480 e. The fourth-order valence-corrected chi connectivity index (χ4v) is 2.04. The summed E-state index contributed by atoms with van der Waals surface area (Å²) in [5.41, 5.74) is -0.274. The first-order chi connectivity index (χ1) is 9.95. The second kappa shape index (κ2) is 8.46. The number of carbonyl (C=O) groups excluding carboxylic acids is 1. The Kier molecular flexibility index (Phi) is 6.93. The Morgan fingerprint density at radius 3 is 2.48 bits per heavy atom. The number of carboxylic acids is 1. The van der Waals surface area contributed by atoms with Crippen LogP contribution in [0, 0.1) is 11.6 Å². The lowest BCUT2D eigenvalue weighted by Gasteiger charge is -2.15. The highest BCUT2D eigenvalue weighted by Gasteiger charge is 2.19. The van der Waals surface area contributed by atoms with Gasteiger partial charge in [0.2, 0.25) is 0 Å². The molecule has 0 aliphatic heterocycles. The number of amides is 2. The average molecular weight is 318 g/mol. The Labute approximate surface area is 125 Å². The van der Waals surface area contributed by atoms with E-state index in [2.05, 4.69) is 10.6 Å².